The standard InChI is InChI=1S/C16H22N2O2/c1-13(2)18-11-14-6-10-20-16(14)12-19-9-7-15-5-3-4-8-17-15/h3-6,8,10,13,18H,7,9,11-12H2,1-2H3. The molecule has 1 N–H and O–H groups in total. The molecule has 0 aromatic carbocycles. The van der Waals surface area contributed by atoms with E-state index in [9.17, 15) is 0 Å². The van der Waals surface area contributed by atoms with Crippen LogP contribution in [0.25, 0.3) is 0 Å². The molecule has 0 saturated heterocycles. The molecule has 2 aromatic rings. The molecule has 0 aliphatic heterocycles. The molecule has 0 spiro atoms. The summed E-state index contributed by atoms with van der Waals surface area (Å²) in [5, 5.41) is 3.38. The molecule has 0 aliphatic rings. The zero-order valence-corrected chi connectivity index (χ0v) is 12.1. The number of hydrogen-bond donors (Lipinski definition) is 1. The molecule has 2 heterocycles. The lowest BCUT2D eigenvalue weighted by Crippen LogP contribution is -2.22. The number of nitrogens with one attached hydrogen (secondary N) is 1. The maximum Gasteiger partial charge on any atom is 0.133 e. The molecular weight excluding hydrogens is 252 g/mol. The Kier molecular flexibility index (Phi) is 5.77. The van der Waals surface area contributed by atoms with Crippen molar-refractivity contribution in [2.75, 3.05) is 6.61 Å². The molecule has 0 fully saturated rings. The quantitative estimate of drug-likeness (QED) is 0.752. The number of aromatic nitrogens is 1. The summed E-state index contributed by atoms with van der Waals surface area (Å²) < 4.78 is 11.1. The Balaban J connectivity index is 1.73. The van der Waals surface area contributed by atoms with Crippen LogP contribution >= 0.6 is 0 Å². The lowest BCUT2D eigenvalue weighted by molar-refractivity contribution is 0.107. The van der Waals surface area contributed by atoms with E-state index in [0.717, 1.165) is 30.0 Å². The van der Waals surface area contributed by atoms with Crippen LogP contribution in [0.15, 0.2) is 41.1 Å². The molecule has 2 rings (SSSR count). The van der Waals surface area contributed by atoms with Gasteiger partial charge in [0.1, 0.15) is 12.4 Å². The summed E-state index contributed by atoms with van der Waals surface area (Å²) in [4.78, 5) is 4.27. The maximum absolute atomic E-state index is 5.67. The first kappa shape index (κ1) is 14.8. The van der Waals surface area contributed by atoms with Crippen molar-refractivity contribution in [2.24, 2.45) is 0 Å². The molecule has 0 bridgehead atoms. The van der Waals surface area contributed by atoms with Crippen LogP contribution in [0, 0.1) is 0 Å². The van der Waals surface area contributed by atoms with Gasteiger partial charge in [-0.3, -0.25) is 4.98 Å². The first-order chi connectivity index (χ1) is 9.75. The van der Waals surface area contributed by atoms with Gasteiger partial charge in [-0.25, -0.2) is 0 Å². The third-order valence-electron chi connectivity index (χ3n) is 3.00. The molecule has 20 heavy (non-hydrogen) atoms. The zero-order valence-electron chi connectivity index (χ0n) is 12.1. The van der Waals surface area contributed by atoms with Crippen LogP contribution in [-0.2, 0) is 24.3 Å². The molecule has 0 unspecified atom stereocenters. The molecule has 108 valence electrons. The minimum Gasteiger partial charge on any atom is -0.467 e. The first-order valence-corrected chi connectivity index (χ1v) is 7.02. The van der Waals surface area contributed by atoms with E-state index in [4.69, 9.17) is 9.15 Å². The Morgan fingerprint density at radius 1 is 1.30 bits per heavy atom. The second kappa shape index (κ2) is 7.82. The van der Waals surface area contributed by atoms with Gasteiger partial charge in [-0.2, -0.15) is 0 Å². The molecule has 2 aromatic heterocycles. The van der Waals surface area contributed by atoms with E-state index in [-0.39, 0.29) is 0 Å². The molecule has 4 nitrogen and oxygen atoms in total. The monoisotopic (exact) mass is 274 g/mol. The fraction of sp³-hybridized carbons (Fsp3) is 0.438. The van der Waals surface area contributed by atoms with Crippen molar-refractivity contribution in [1.29, 1.82) is 0 Å². The van der Waals surface area contributed by atoms with Gasteiger partial charge in [-0.15, -0.1) is 0 Å². The topological polar surface area (TPSA) is 47.3 Å². The van der Waals surface area contributed by atoms with Gasteiger partial charge in [0.25, 0.3) is 0 Å². The van der Waals surface area contributed by atoms with E-state index in [0.29, 0.717) is 19.3 Å². The number of ether oxygens (including phenoxy) is 1. The molecule has 0 amide bonds. The van der Waals surface area contributed by atoms with Crippen molar-refractivity contribution in [3.8, 4) is 0 Å². The van der Waals surface area contributed by atoms with Crippen LogP contribution in [-0.4, -0.2) is 17.6 Å². The van der Waals surface area contributed by atoms with Gasteiger partial charge in [-0.05, 0) is 18.2 Å². The minimum atomic E-state index is 0.461. The Morgan fingerprint density at radius 3 is 2.95 bits per heavy atom. The summed E-state index contributed by atoms with van der Waals surface area (Å²) >= 11 is 0. The smallest absolute Gasteiger partial charge is 0.133 e. The Hall–Kier alpha value is -1.65. The first-order valence-electron chi connectivity index (χ1n) is 7.02. The summed E-state index contributed by atoms with van der Waals surface area (Å²) in [5.41, 5.74) is 2.21. The summed E-state index contributed by atoms with van der Waals surface area (Å²) in [7, 11) is 0. The number of rotatable bonds is 8. The Morgan fingerprint density at radius 2 is 2.20 bits per heavy atom. The van der Waals surface area contributed by atoms with Crippen molar-refractivity contribution in [2.45, 2.75) is 39.5 Å². The number of nitrogens with zero attached hydrogens (tertiary/aromatic N) is 1. The molecule has 0 radical (unpaired) electrons. The normalized spacial score (nSPS) is 11.2. The molecule has 0 atom stereocenters. The number of pyridine rings is 1. The van der Waals surface area contributed by atoms with Gasteiger partial charge in [0.2, 0.25) is 0 Å². The van der Waals surface area contributed by atoms with Crippen LogP contribution in [0.1, 0.15) is 30.9 Å². The van der Waals surface area contributed by atoms with Crippen molar-refractivity contribution < 1.29 is 9.15 Å². The maximum atomic E-state index is 5.67. The second-order valence-corrected chi connectivity index (χ2v) is 5.03. The van der Waals surface area contributed by atoms with E-state index < -0.39 is 0 Å². The highest BCUT2D eigenvalue weighted by atomic mass is 16.5. The molecule has 0 saturated carbocycles. The highest BCUT2D eigenvalue weighted by Gasteiger charge is 2.07. The largest absolute Gasteiger partial charge is 0.467 e. The van der Waals surface area contributed by atoms with Crippen molar-refractivity contribution in [3.63, 3.8) is 0 Å². The van der Waals surface area contributed by atoms with Gasteiger partial charge < -0.3 is 14.5 Å². The van der Waals surface area contributed by atoms with Crippen molar-refractivity contribution in [1.82, 2.24) is 10.3 Å². The second-order valence-electron chi connectivity index (χ2n) is 5.03. The third kappa shape index (κ3) is 4.79. The van der Waals surface area contributed by atoms with E-state index in [1.54, 1.807) is 12.5 Å². The molecule has 4 heteroatoms. The van der Waals surface area contributed by atoms with Crippen LogP contribution in [0.5, 0.6) is 0 Å². The lowest BCUT2D eigenvalue weighted by Gasteiger charge is -2.08. The number of furan rings is 1. The summed E-state index contributed by atoms with van der Waals surface area (Å²) in [5.74, 6) is 0.902. The van der Waals surface area contributed by atoms with Gasteiger partial charge in [0, 0.05) is 36.5 Å². The van der Waals surface area contributed by atoms with Gasteiger partial charge in [0.05, 0.1) is 12.9 Å². The van der Waals surface area contributed by atoms with Crippen LogP contribution in [0.4, 0.5) is 0 Å². The highest BCUT2D eigenvalue weighted by molar-refractivity contribution is 5.16. The summed E-state index contributed by atoms with van der Waals surface area (Å²) in [6.07, 6.45) is 4.34. The van der Waals surface area contributed by atoms with Gasteiger partial charge in [-0.1, -0.05) is 19.9 Å². The Labute approximate surface area is 120 Å². The summed E-state index contributed by atoms with van der Waals surface area (Å²) in [6, 6.07) is 8.37. The predicted octanol–water partition coefficient (Wildman–Crippen LogP) is 2.93. The fourth-order valence-corrected chi connectivity index (χ4v) is 1.85. The van der Waals surface area contributed by atoms with Crippen LogP contribution < -0.4 is 5.32 Å². The van der Waals surface area contributed by atoms with E-state index in [1.165, 1.54) is 0 Å². The molecular formula is C16H22N2O2. The Bertz CT molecular complexity index is 494. The van der Waals surface area contributed by atoms with Crippen molar-refractivity contribution in [3.05, 3.63) is 53.7 Å². The number of hydrogen-bond acceptors (Lipinski definition) is 4. The SMILES string of the molecule is CC(C)NCc1ccoc1COCCc1ccccn1. The zero-order chi connectivity index (χ0) is 14.2. The average Bonchev–Trinajstić information content (AvgIpc) is 2.90. The minimum absolute atomic E-state index is 0.461. The van der Waals surface area contributed by atoms with Gasteiger partial charge >= 0.3 is 0 Å². The molecule has 0 aliphatic carbocycles. The predicted molar refractivity (Wildman–Crippen MR) is 78.3 cm³/mol. The summed E-state index contributed by atoms with van der Waals surface area (Å²) in [6.45, 7) is 6.23. The van der Waals surface area contributed by atoms with Gasteiger partial charge in [0.15, 0.2) is 0 Å². The van der Waals surface area contributed by atoms with Crippen LogP contribution in [0.3, 0.4) is 0 Å². The van der Waals surface area contributed by atoms with E-state index in [1.807, 2.05) is 24.3 Å². The lowest BCUT2D eigenvalue weighted by atomic mass is 10.2. The highest BCUT2D eigenvalue weighted by Crippen LogP contribution is 2.12. The van der Waals surface area contributed by atoms with E-state index in [2.05, 4.69) is 24.1 Å². The van der Waals surface area contributed by atoms with Crippen molar-refractivity contribution >= 4 is 0 Å². The van der Waals surface area contributed by atoms with E-state index >= 15 is 0 Å². The van der Waals surface area contributed by atoms with Crippen LogP contribution in [0.2, 0.25) is 0 Å². The fourth-order valence-electron chi connectivity index (χ4n) is 1.85. The third-order valence-corrected chi connectivity index (χ3v) is 3.00. The average molecular weight is 274 g/mol.